The minimum atomic E-state index is -0.150. The summed E-state index contributed by atoms with van der Waals surface area (Å²) in [7, 11) is 0. The van der Waals surface area contributed by atoms with Crippen molar-refractivity contribution in [3.8, 4) is 5.75 Å². The molecule has 1 N–H and O–H groups in total. The SMILES string of the molecule is CCNC(=O)N(CC(=O)N1CCc2sccc2C1COc1ccc(C)cc1)CC1CC1. The molecule has 2 heterocycles. The molecule has 1 aromatic carbocycles. The third kappa shape index (κ3) is 5.39. The fourth-order valence-electron chi connectivity index (χ4n) is 4.03. The maximum absolute atomic E-state index is 13.4. The van der Waals surface area contributed by atoms with E-state index in [2.05, 4.69) is 16.8 Å². The van der Waals surface area contributed by atoms with Crippen LogP contribution in [0.4, 0.5) is 4.79 Å². The van der Waals surface area contributed by atoms with E-state index in [9.17, 15) is 9.59 Å². The van der Waals surface area contributed by atoms with Gasteiger partial charge >= 0.3 is 6.03 Å². The highest BCUT2D eigenvalue weighted by Crippen LogP contribution is 2.34. The van der Waals surface area contributed by atoms with Crippen molar-refractivity contribution >= 4 is 23.3 Å². The van der Waals surface area contributed by atoms with Crippen LogP contribution in [0.15, 0.2) is 35.7 Å². The standard InChI is InChI=1S/C24H31N3O3S/c1-3-25-24(29)26(14-18-6-7-18)15-23(28)27-12-10-22-20(11-13-31-22)21(27)16-30-19-8-4-17(2)5-9-19/h4-5,8-9,11,13,18,21H,3,6-7,10,12,14-16H2,1-2H3,(H,25,29). The Morgan fingerprint density at radius 3 is 2.71 bits per heavy atom. The van der Waals surface area contributed by atoms with Crippen LogP contribution in [0.3, 0.4) is 0 Å². The lowest BCUT2D eigenvalue weighted by Gasteiger charge is -2.37. The number of nitrogens with zero attached hydrogens (tertiary/aromatic N) is 2. The van der Waals surface area contributed by atoms with Crippen molar-refractivity contribution in [2.75, 3.05) is 32.8 Å². The van der Waals surface area contributed by atoms with E-state index in [0.717, 1.165) is 25.0 Å². The van der Waals surface area contributed by atoms with Crippen LogP contribution < -0.4 is 10.1 Å². The average molecular weight is 442 g/mol. The molecule has 166 valence electrons. The Kier molecular flexibility index (Phi) is 6.80. The quantitative estimate of drug-likeness (QED) is 0.674. The number of carbonyl (C=O) groups is 2. The number of aryl methyl sites for hydroxylation is 1. The molecular weight excluding hydrogens is 410 g/mol. The van der Waals surface area contributed by atoms with Crippen LogP contribution in [-0.2, 0) is 11.2 Å². The van der Waals surface area contributed by atoms with Gasteiger partial charge in [0.25, 0.3) is 0 Å². The molecule has 1 atom stereocenters. The molecule has 1 unspecified atom stereocenters. The molecule has 0 bridgehead atoms. The summed E-state index contributed by atoms with van der Waals surface area (Å²) in [6, 6.07) is 9.80. The molecule has 1 saturated carbocycles. The number of amides is 3. The van der Waals surface area contributed by atoms with Gasteiger partial charge in [-0.15, -0.1) is 11.3 Å². The summed E-state index contributed by atoms with van der Waals surface area (Å²) in [5.41, 5.74) is 2.35. The number of hydrogen-bond donors (Lipinski definition) is 1. The number of carbonyl (C=O) groups excluding carboxylic acids is 2. The first-order valence-corrected chi connectivity index (χ1v) is 12.0. The van der Waals surface area contributed by atoms with Crippen molar-refractivity contribution in [2.24, 2.45) is 5.92 Å². The normalized spacial score (nSPS) is 17.7. The number of fused-ring (bicyclic) bond motifs is 1. The lowest BCUT2D eigenvalue weighted by atomic mass is 10.0. The third-order valence-electron chi connectivity index (χ3n) is 5.96. The fraction of sp³-hybridized carbons (Fsp3) is 0.500. The third-order valence-corrected chi connectivity index (χ3v) is 6.96. The van der Waals surface area contributed by atoms with Crippen LogP contribution in [0.1, 0.15) is 41.8 Å². The second-order valence-electron chi connectivity index (χ2n) is 8.44. The fourth-order valence-corrected chi connectivity index (χ4v) is 4.96. The maximum atomic E-state index is 13.4. The van der Waals surface area contributed by atoms with Crippen molar-refractivity contribution < 1.29 is 14.3 Å². The van der Waals surface area contributed by atoms with E-state index in [-0.39, 0.29) is 24.5 Å². The number of nitrogens with one attached hydrogen (secondary N) is 1. The zero-order chi connectivity index (χ0) is 21.8. The van der Waals surface area contributed by atoms with Crippen LogP contribution in [0.2, 0.25) is 0 Å². The number of urea groups is 1. The van der Waals surface area contributed by atoms with Crippen molar-refractivity contribution in [1.29, 1.82) is 0 Å². The van der Waals surface area contributed by atoms with Crippen molar-refractivity contribution in [3.63, 3.8) is 0 Å². The molecule has 1 aliphatic heterocycles. The predicted octanol–water partition coefficient (Wildman–Crippen LogP) is 4.00. The Hall–Kier alpha value is -2.54. The summed E-state index contributed by atoms with van der Waals surface area (Å²) < 4.78 is 6.09. The zero-order valence-electron chi connectivity index (χ0n) is 18.3. The Balaban J connectivity index is 1.48. The number of ether oxygens (including phenoxy) is 1. The van der Waals surface area contributed by atoms with Gasteiger partial charge in [0.15, 0.2) is 0 Å². The smallest absolute Gasteiger partial charge is 0.317 e. The largest absolute Gasteiger partial charge is 0.491 e. The molecule has 3 amide bonds. The number of rotatable bonds is 8. The Morgan fingerprint density at radius 1 is 1.23 bits per heavy atom. The summed E-state index contributed by atoms with van der Waals surface area (Å²) in [5, 5.41) is 4.94. The molecule has 4 rings (SSSR count). The van der Waals surface area contributed by atoms with Gasteiger partial charge in [-0.3, -0.25) is 4.79 Å². The Bertz CT molecular complexity index is 907. The highest BCUT2D eigenvalue weighted by atomic mass is 32.1. The molecular formula is C24H31N3O3S. The van der Waals surface area contributed by atoms with Crippen LogP contribution in [0.5, 0.6) is 5.75 Å². The van der Waals surface area contributed by atoms with Gasteiger partial charge in [0, 0.05) is 24.5 Å². The van der Waals surface area contributed by atoms with E-state index in [1.807, 2.05) is 43.0 Å². The first kappa shape index (κ1) is 21.7. The number of benzene rings is 1. The first-order chi connectivity index (χ1) is 15.0. The molecule has 7 heteroatoms. The van der Waals surface area contributed by atoms with E-state index in [1.165, 1.54) is 16.0 Å². The molecule has 2 aromatic rings. The molecule has 31 heavy (non-hydrogen) atoms. The van der Waals surface area contributed by atoms with Crippen molar-refractivity contribution in [3.05, 3.63) is 51.7 Å². The Labute approximate surface area is 188 Å². The highest BCUT2D eigenvalue weighted by Gasteiger charge is 2.34. The zero-order valence-corrected chi connectivity index (χ0v) is 19.1. The summed E-state index contributed by atoms with van der Waals surface area (Å²) in [6.07, 6.45) is 3.13. The second kappa shape index (κ2) is 9.73. The van der Waals surface area contributed by atoms with Gasteiger partial charge in [-0.25, -0.2) is 4.79 Å². The van der Waals surface area contributed by atoms with E-state index in [1.54, 1.807) is 16.2 Å². The number of hydrogen-bond acceptors (Lipinski definition) is 4. The van der Waals surface area contributed by atoms with E-state index >= 15 is 0 Å². The second-order valence-corrected chi connectivity index (χ2v) is 9.44. The lowest BCUT2D eigenvalue weighted by molar-refractivity contribution is -0.135. The van der Waals surface area contributed by atoms with E-state index in [4.69, 9.17) is 4.74 Å². The van der Waals surface area contributed by atoms with Crippen molar-refractivity contribution in [2.45, 2.75) is 39.2 Å². The molecule has 0 spiro atoms. The van der Waals surface area contributed by atoms with Crippen LogP contribution >= 0.6 is 11.3 Å². The van der Waals surface area contributed by atoms with Gasteiger partial charge in [0.05, 0.1) is 6.04 Å². The molecule has 6 nitrogen and oxygen atoms in total. The Morgan fingerprint density at radius 2 is 2.00 bits per heavy atom. The molecule has 1 aromatic heterocycles. The van der Waals surface area contributed by atoms with Gasteiger partial charge in [0.2, 0.25) is 5.91 Å². The first-order valence-electron chi connectivity index (χ1n) is 11.1. The van der Waals surface area contributed by atoms with Crippen molar-refractivity contribution in [1.82, 2.24) is 15.1 Å². The van der Waals surface area contributed by atoms with Gasteiger partial charge in [-0.05, 0) is 68.2 Å². The average Bonchev–Trinajstić information content (AvgIpc) is 3.45. The van der Waals surface area contributed by atoms with Crippen LogP contribution in [0.25, 0.3) is 0 Å². The summed E-state index contributed by atoms with van der Waals surface area (Å²) in [4.78, 5) is 30.8. The minimum Gasteiger partial charge on any atom is -0.491 e. The van der Waals surface area contributed by atoms with Gasteiger partial charge in [-0.1, -0.05) is 17.7 Å². The maximum Gasteiger partial charge on any atom is 0.317 e. The van der Waals surface area contributed by atoms with Crippen LogP contribution in [-0.4, -0.2) is 54.5 Å². The summed E-state index contributed by atoms with van der Waals surface area (Å²) in [5.74, 6) is 1.32. The molecule has 1 fully saturated rings. The summed E-state index contributed by atoms with van der Waals surface area (Å²) in [6.45, 7) is 6.33. The summed E-state index contributed by atoms with van der Waals surface area (Å²) >= 11 is 1.74. The van der Waals surface area contributed by atoms with Gasteiger partial charge < -0.3 is 19.9 Å². The topological polar surface area (TPSA) is 61.9 Å². The number of thiophene rings is 1. The highest BCUT2D eigenvalue weighted by molar-refractivity contribution is 7.10. The molecule has 0 saturated heterocycles. The monoisotopic (exact) mass is 441 g/mol. The van der Waals surface area contributed by atoms with Gasteiger partial charge in [0.1, 0.15) is 18.9 Å². The van der Waals surface area contributed by atoms with Gasteiger partial charge in [-0.2, -0.15) is 0 Å². The minimum absolute atomic E-state index is 0.0127. The van der Waals surface area contributed by atoms with E-state index < -0.39 is 0 Å². The lowest BCUT2D eigenvalue weighted by Crippen LogP contribution is -2.50. The molecule has 1 aliphatic carbocycles. The molecule has 2 aliphatic rings. The van der Waals surface area contributed by atoms with Crippen LogP contribution in [0, 0.1) is 12.8 Å². The predicted molar refractivity (Wildman–Crippen MR) is 123 cm³/mol. The molecule has 0 radical (unpaired) electrons. The van der Waals surface area contributed by atoms with E-state index in [0.29, 0.717) is 32.2 Å².